The van der Waals surface area contributed by atoms with Crippen LogP contribution in [-0.2, 0) is 4.79 Å². The van der Waals surface area contributed by atoms with Crippen molar-refractivity contribution in [2.75, 3.05) is 11.9 Å². The molecule has 9 nitrogen and oxygen atoms in total. The molecule has 0 radical (unpaired) electrons. The smallest absolute Gasteiger partial charge is 0.280 e. The molecule has 4 aromatic rings. The summed E-state index contributed by atoms with van der Waals surface area (Å²) >= 11 is 5.61. The number of thiocarbonyl (C=S) groups is 1. The largest absolute Gasteiger partial charge is 0.459 e. The van der Waals surface area contributed by atoms with Crippen LogP contribution < -0.4 is 10.6 Å². The molecule has 0 aliphatic carbocycles. The number of nitro benzene ring substituents is 1. The normalized spacial score (nSPS) is 17.0. The van der Waals surface area contributed by atoms with E-state index >= 15 is 0 Å². The summed E-state index contributed by atoms with van der Waals surface area (Å²) < 4.78 is 6.17. The molecule has 10 heteroatoms. The molecule has 1 saturated heterocycles. The van der Waals surface area contributed by atoms with E-state index in [0.717, 1.165) is 5.69 Å². The molecule has 0 spiro atoms. The first-order valence-corrected chi connectivity index (χ1v) is 11.6. The van der Waals surface area contributed by atoms with Gasteiger partial charge in [-0.05, 0) is 54.7 Å². The first kappa shape index (κ1) is 23.2. The Morgan fingerprint density at radius 2 is 1.81 bits per heavy atom. The van der Waals surface area contributed by atoms with Crippen molar-refractivity contribution in [1.29, 1.82) is 0 Å². The summed E-state index contributed by atoms with van der Waals surface area (Å²) in [6, 6.07) is 23.6. The summed E-state index contributed by atoms with van der Waals surface area (Å²) in [6.07, 6.45) is 1.68. The summed E-state index contributed by atoms with van der Waals surface area (Å²) in [5.41, 5.74) is 1.71. The highest BCUT2D eigenvalue weighted by Crippen LogP contribution is 2.41. The Bertz CT molecular complexity index is 1410. The van der Waals surface area contributed by atoms with E-state index in [1.54, 1.807) is 53.6 Å². The Labute approximate surface area is 211 Å². The van der Waals surface area contributed by atoms with Crippen LogP contribution in [0.15, 0.2) is 95.5 Å². The highest BCUT2D eigenvalue weighted by Gasteiger charge is 2.42. The number of benzene rings is 2. The molecule has 5 rings (SSSR count). The molecule has 0 unspecified atom stereocenters. The average Bonchev–Trinajstić information content (AvgIpc) is 3.50. The van der Waals surface area contributed by atoms with Crippen molar-refractivity contribution in [3.8, 4) is 11.3 Å². The first-order chi connectivity index (χ1) is 17.5. The number of nitrogens with zero attached hydrogens (tertiary/aromatic N) is 3. The molecule has 0 saturated carbocycles. The second kappa shape index (κ2) is 9.96. The number of aromatic nitrogens is 1. The molecular weight excluding hydrogens is 478 g/mol. The number of carbonyl (C=O) groups is 1. The van der Waals surface area contributed by atoms with E-state index in [1.807, 2.05) is 36.4 Å². The van der Waals surface area contributed by atoms with Gasteiger partial charge in [0.15, 0.2) is 5.11 Å². The van der Waals surface area contributed by atoms with Gasteiger partial charge < -0.3 is 20.0 Å². The van der Waals surface area contributed by atoms with Crippen molar-refractivity contribution < 1.29 is 14.1 Å². The van der Waals surface area contributed by atoms with Crippen LogP contribution in [0.25, 0.3) is 11.3 Å². The predicted molar refractivity (Wildman–Crippen MR) is 138 cm³/mol. The third kappa shape index (κ3) is 4.66. The molecule has 1 aliphatic rings. The molecule has 36 heavy (non-hydrogen) atoms. The van der Waals surface area contributed by atoms with Crippen LogP contribution in [0.2, 0.25) is 0 Å². The summed E-state index contributed by atoms with van der Waals surface area (Å²) in [5, 5.41) is 18.1. The number of hydrogen-bond acceptors (Lipinski definition) is 6. The topological polar surface area (TPSA) is 114 Å². The second-order valence-electron chi connectivity index (χ2n) is 8.14. The Morgan fingerprint density at radius 3 is 2.56 bits per heavy atom. The van der Waals surface area contributed by atoms with E-state index in [9.17, 15) is 14.9 Å². The monoisotopic (exact) mass is 499 g/mol. The summed E-state index contributed by atoms with van der Waals surface area (Å²) in [4.78, 5) is 30.2. The van der Waals surface area contributed by atoms with Crippen molar-refractivity contribution >= 4 is 34.6 Å². The third-order valence-electron chi connectivity index (χ3n) is 5.85. The van der Waals surface area contributed by atoms with Gasteiger partial charge in [-0.25, -0.2) is 0 Å². The maximum atomic E-state index is 12.9. The number of hydrogen-bond donors (Lipinski definition) is 2. The van der Waals surface area contributed by atoms with E-state index in [4.69, 9.17) is 16.6 Å². The molecule has 2 aromatic heterocycles. The molecular formula is C26H21N5O4S. The number of amides is 1. The number of rotatable bonds is 7. The minimum absolute atomic E-state index is 0.0315. The number of furan rings is 1. The van der Waals surface area contributed by atoms with Crippen LogP contribution in [0.1, 0.15) is 23.5 Å². The van der Waals surface area contributed by atoms with Gasteiger partial charge in [0, 0.05) is 18.0 Å². The van der Waals surface area contributed by atoms with Gasteiger partial charge in [0.1, 0.15) is 24.1 Å². The van der Waals surface area contributed by atoms with Gasteiger partial charge in [0.2, 0.25) is 5.91 Å². The molecule has 0 bridgehead atoms. The molecule has 2 atom stereocenters. The fraction of sp³-hybridized carbons (Fsp3) is 0.115. The van der Waals surface area contributed by atoms with Crippen LogP contribution in [0, 0.1) is 10.1 Å². The highest BCUT2D eigenvalue weighted by atomic mass is 32.1. The Balaban J connectivity index is 1.49. The SMILES string of the molecule is O=C(CN1C(=S)N[C@H](c2ccccn2)[C@@H]1c1ccc(-c2ccccc2[N+](=O)[O-])o1)Nc1ccccc1. The molecule has 1 aliphatic heterocycles. The fourth-order valence-electron chi connectivity index (χ4n) is 4.26. The van der Waals surface area contributed by atoms with Crippen LogP contribution >= 0.6 is 12.2 Å². The lowest BCUT2D eigenvalue weighted by molar-refractivity contribution is -0.384. The maximum absolute atomic E-state index is 12.9. The van der Waals surface area contributed by atoms with Gasteiger partial charge in [0.05, 0.1) is 22.2 Å². The molecule has 2 N–H and O–H groups in total. The molecule has 180 valence electrons. The van der Waals surface area contributed by atoms with Gasteiger partial charge in [-0.3, -0.25) is 19.9 Å². The first-order valence-electron chi connectivity index (χ1n) is 11.2. The van der Waals surface area contributed by atoms with Crippen molar-refractivity contribution in [3.63, 3.8) is 0 Å². The van der Waals surface area contributed by atoms with Crippen molar-refractivity contribution in [2.45, 2.75) is 12.1 Å². The average molecular weight is 500 g/mol. The van der Waals surface area contributed by atoms with E-state index in [0.29, 0.717) is 27.9 Å². The number of anilines is 1. The predicted octanol–water partition coefficient (Wildman–Crippen LogP) is 4.86. The maximum Gasteiger partial charge on any atom is 0.280 e. The van der Waals surface area contributed by atoms with Crippen LogP contribution in [-0.4, -0.2) is 32.4 Å². The van der Waals surface area contributed by atoms with E-state index in [2.05, 4.69) is 15.6 Å². The van der Waals surface area contributed by atoms with Crippen molar-refractivity contribution in [2.24, 2.45) is 0 Å². The van der Waals surface area contributed by atoms with Crippen LogP contribution in [0.3, 0.4) is 0 Å². The van der Waals surface area contributed by atoms with Crippen LogP contribution in [0.5, 0.6) is 0 Å². The zero-order valence-electron chi connectivity index (χ0n) is 18.9. The fourth-order valence-corrected chi connectivity index (χ4v) is 4.56. The van der Waals surface area contributed by atoms with E-state index < -0.39 is 17.0 Å². The van der Waals surface area contributed by atoms with E-state index in [-0.39, 0.29) is 18.1 Å². The number of carbonyl (C=O) groups excluding carboxylic acids is 1. The molecule has 3 heterocycles. The second-order valence-corrected chi connectivity index (χ2v) is 8.53. The lowest BCUT2D eigenvalue weighted by Crippen LogP contribution is -2.36. The minimum Gasteiger partial charge on any atom is -0.459 e. The minimum atomic E-state index is -0.509. The number of pyridine rings is 1. The Kier molecular flexibility index (Phi) is 6.42. The van der Waals surface area contributed by atoms with Crippen molar-refractivity contribution in [1.82, 2.24) is 15.2 Å². The molecule has 2 aromatic carbocycles. The van der Waals surface area contributed by atoms with Crippen LogP contribution in [0.4, 0.5) is 11.4 Å². The van der Waals surface area contributed by atoms with Gasteiger partial charge in [-0.2, -0.15) is 0 Å². The lowest BCUT2D eigenvalue weighted by Gasteiger charge is -2.25. The summed E-state index contributed by atoms with van der Waals surface area (Å²) in [5.74, 6) is 0.602. The van der Waals surface area contributed by atoms with E-state index in [1.165, 1.54) is 6.07 Å². The Hall–Kier alpha value is -4.57. The number of para-hydroxylation sites is 2. The van der Waals surface area contributed by atoms with Gasteiger partial charge in [0.25, 0.3) is 5.69 Å². The third-order valence-corrected chi connectivity index (χ3v) is 6.21. The quantitative estimate of drug-likeness (QED) is 0.211. The number of nitro groups is 1. The van der Waals surface area contributed by atoms with Gasteiger partial charge in [-0.1, -0.05) is 36.4 Å². The van der Waals surface area contributed by atoms with Crippen molar-refractivity contribution in [3.05, 3.63) is 113 Å². The van der Waals surface area contributed by atoms with Gasteiger partial charge in [-0.15, -0.1) is 0 Å². The molecule has 1 fully saturated rings. The summed E-state index contributed by atoms with van der Waals surface area (Å²) in [7, 11) is 0. The zero-order chi connectivity index (χ0) is 25.1. The van der Waals surface area contributed by atoms with Gasteiger partial charge >= 0.3 is 0 Å². The number of nitrogens with one attached hydrogen (secondary N) is 2. The zero-order valence-corrected chi connectivity index (χ0v) is 19.7. The Morgan fingerprint density at radius 1 is 1.06 bits per heavy atom. The standard InChI is InChI=1S/C26H21N5O4S/c32-23(28-17-8-2-1-3-9-17)16-30-25(24(29-26(30)36)19-11-6-7-15-27-19)22-14-13-21(35-22)18-10-4-5-12-20(18)31(33)34/h1-15,24-25H,16H2,(H,28,32)(H,29,36)/t24-,25+/m1/s1. The lowest BCUT2D eigenvalue weighted by atomic mass is 10.0. The molecule has 1 amide bonds. The summed E-state index contributed by atoms with van der Waals surface area (Å²) in [6.45, 7) is -0.0315. The highest BCUT2D eigenvalue weighted by molar-refractivity contribution is 7.80.